The Hall–Kier alpha value is -2.79. The summed E-state index contributed by atoms with van der Waals surface area (Å²) in [6.45, 7) is 5.38. The molecule has 2 atom stereocenters. The Morgan fingerprint density at radius 3 is 2.73 bits per heavy atom. The third-order valence-electron chi connectivity index (χ3n) is 6.10. The van der Waals surface area contributed by atoms with Gasteiger partial charge in [0, 0.05) is 30.5 Å². The molecule has 1 aromatic heterocycles. The Morgan fingerprint density at radius 2 is 1.90 bits per heavy atom. The molecule has 5 rings (SSSR count). The zero-order valence-corrected chi connectivity index (χ0v) is 17.4. The normalized spacial score (nSPS) is 23.6. The molecule has 0 N–H and O–H groups in total. The molecule has 1 aliphatic carbocycles. The molecule has 5 heteroatoms. The van der Waals surface area contributed by atoms with Crippen molar-refractivity contribution in [2.75, 3.05) is 19.8 Å². The van der Waals surface area contributed by atoms with E-state index >= 15 is 0 Å². The van der Waals surface area contributed by atoms with Crippen molar-refractivity contribution in [3.63, 3.8) is 0 Å². The maximum absolute atomic E-state index is 5.96. The quantitative estimate of drug-likeness (QED) is 0.703. The van der Waals surface area contributed by atoms with Crippen LogP contribution in [-0.2, 0) is 16.0 Å². The molecule has 2 aliphatic heterocycles. The first-order chi connectivity index (χ1) is 14.7. The molecule has 0 amide bonds. The number of likely N-dealkylation sites (tertiary alicyclic amines) is 1. The zero-order chi connectivity index (χ0) is 20.3. The Kier molecular flexibility index (Phi) is 5.45. The number of benzene rings is 1. The van der Waals surface area contributed by atoms with Crippen LogP contribution in [0, 0.1) is 12.8 Å². The van der Waals surface area contributed by atoms with Crippen LogP contribution in [0.15, 0.2) is 66.3 Å². The largest absolute Gasteiger partial charge is 0.486 e. The van der Waals surface area contributed by atoms with E-state index in [0.29, 0.717) is 25.2 Å². The molecule has 30 heavy (non-hydrogen) atoms. The summed E-state index contributed by atoms with van der Waals surface area (Å²) in [4.78, 5) is 6.83. The topological polar surface area (TPSA) is 43.8 Å². The second-order valence-electron chi connectivity index (χ2n) is 8.25. The van der Waals surface area contributed by atoms with Gasteiger partial charge in [0.2, 0.25) is 0 Å². The molecule has 156 valence electrons. The van der Waals surface area contributed by atoms with Crippen molar-refractivity contribution in [3.8, 4) is 11.5 Å². The molecule has 2 aromatic rings. The van der Waals surface area contributed by atoms with Crippen LogP contribution in [0.2, 0.25) is 0 Å². The molecular weight excluding hydrogens is 376 g/mol. The third kappa shape index (κ3) is 4.21. The number of ether oxygens (including phenoxy) is 3. The van der Waals surface area contributed by atoms with Crippen molar-refractivity contribution in [3.05, 3.63) is 77.5 Å². The Morgan fingerprint density at radius 1 is 1.07 bits per heavy atom. The van der Waals surface area contributed by atoms with E-state index in [-0.39, 0.29) is 0 Å². The average molecular weight is 405 g/mol. The van der Waals surface area contributed by atoms with Gasteiger partial charge in [-0.1, -0.05) is 12.1 Å². The van der Waals surface area contributed by atoms with Gasteiger partial charge < -0.3 is 14.2 Å². The molecule has 5 nitrogen and oxygen atoms in total. The van der Waals surface area contributed by atoms with Crippen molar-refractivity contribution < 1.29 is 14.2 Å². The lowest BCUT2D eigenvalue weighted by atomic mass is 9.89. The minimum Gasteiger partial charge on any atom is -0.486 e. The second-order valence-corrected chi connectivity index (χ2v) is 8.25. The lowest BCUT2D eigenvalue weighted by Gasteiger charge is -2.33. The number of rotatable bonds is 5. The van der Waals surface area contributed by atoms with Gasteiger partial charge in [-0.3, -0.25) is 9.88 Å². The summed E-state index contributed by atoms with van der Waals surface area (Å²) in [7, 11) is 0. The van der Waals surface area contributed by atoms with E-state index < -0.39 is 0 Å². The molecule has 1 aromatic carbocycles. The van der Waals surface area contributed by atoms with E-state index in [1.165, 1.54) is 18.4 Å². The fourth-order valence-electron chi connectivity index (χ4n) is 4.66. The predicted molar refractivity (Wildman–Crippen MR) is 115 cm³/mol. The van der Waals surface area contributed by atoms with Crippen molar-refractivity contribution in [1.82, 2.24) is 9.88 Å². The van der Waals surface area contributed by atoms with Crippen molar-refractivity contribution in [2.24, 2.45) is 5.92 Å². The van der Waals surface area contributed by atoms with Gasteiger partial charge in [-0.2, -0.15) is 0 Å². The number of allylic oxidation sites excluding steroid dienone is 1. The van der Waals surface area contributed by atoms with Crippen LogP contribution < -0.4 is 4.74 Å². The minimum absolute atomic E-state index is 0.491. The predicted octanol–water partition coefficient (Wildman–Crippen LogP) is 4.98. The van der Waals surface area contributed by atoms with Gasteiger partial charge in [0.1, 0.15) is 24.7 Å². The molecule has 3 aliphatic rings. The molecule has 3 heterocycles. The fraction of sp³-hybridized carbons (Fsp3) is 0.400. The van der Waals surface area contributed by atoms with Crippen LogP contribution in [0.25, 0.3) is 0 Å². The molecule has 1 unspecified atom stereocenters. The summed E-state index contributed by atoms with van der Waals surface area (Å²) in [6.07, 6.45) is 9.80. The standard InChI is InChI=1S/C25H28N2O3/c1-18-15-22(10-11-26-18)30-21-7-4-19(5-8-21)17-27-12-2-3-23(27)20-6-9-24-25(16-20)29-14-13-28-24/h4-5,7-11,15-16,20,23H,2-3,6,12-14,17H2,1H3/t20?,23-/m1/s1. The van der Waals surface area contributed by atoms with Gasteiger partial charge in [-0.15, -0.1) is 0 Å². The maximum atomic E-state index is 5.96. The molecule has 2 saturated heterocycles. The summed E-state index contributed by atoms with van der Waals surface area (Å²) in [5, 5.41) is 0. The van der Waals surface area contributed by atoms with Gasteiger partial charge in [0.05, 0.1) is 0 Å². The van der Waals surface area contributed by atoms with Crippen molar-refractivity contribution >= 4 is 0 Å². The Balaban J connectivity index is 1.23. The van der Waals surface area contributed by atoms with Crippen LogP contribution in [0.5, 0.6) is 11.5 Å². The van der Waals surface area contributed by atoms with Crippen molar-refractivity contribution in [2.45, 2.75) is 38.8 Å². The van der Waals surface area contributed by atoms with Crippen LogP contribution in [-0.4, -0.2) is 35.7 Å². The Labute approximate surface area is 178 Å². The summed E-state index contributed by atoms with van der Waals surface area (Å²) in [6, 6.07) is 12.8. The number of hydrogen-bond donors (Lipinski definition) is 0. The van der Waals surface area contributed by atoms with E-state index in [0.717, 1.165) is 48.2 Å². The van der Waals surface area contributed by atoms with Crippen LogP contribution in [0.4, 0.5) is 0 Å². The smallest absolute Gasteiger partial charge is 0.157 e. The number of hydrogen-bond acceptors (Lipinski definition) is 5. The molecular formula is C25H28N2O3. The lowest BCUT2D eigenvalue weighted by Crippen LogP contribution is -2.35. The van der Waals surface area contributed by atoms with E-state index in [1.54, 1.807) is 6.20 Å². The van der Waals surface area contributed by atoms with E-state index in [4.69, 9.17) is 14.2 Å². The number of fused-ring (bicyclic) bond motifs is 1. The van der Waals surface area contributed by atoms with Gasteiger partial charge in [-0.05, 0) is 74.6 Å². The van der Waals surface area contributed by atoms with Gasteiger partial charge in [0.25, 0.3) is 0 Å². The summed E-state index contributed by atoms with van der Waals surface area (Å²) in [5.74, 6) is 4.04. The molecule has 0 bridgehead atoms. The lowest BCUT2D eigenvalue weighted by molar-refractivity contribution is 0.0533. The van der Waals surface area contributed by atoms with E-state index in [1.807, 2.05) is 19.1 Å². The van der Waals surface area contributed by atoms with Crippen LogP contribution in [0.1, 0.15) is 30.5 Å². The van der Waals surface area contributed by atoms with Crippen LogP contribution >= 0.6 is 0 Å². The summed E-state index contributed by atoms with van der Waals surface area (Å²) < 4.78 is 17.5. The van der Waals surface area contributed by atoms with Gasteiger partial charge in [-0.25, -0.2) is 0 Å². The van der Waals surface area contributed by atoms with E-state index in [9.17, 15) is 0 Å². The van der Waals surface area contributed by atoms with Gasteiger partial charge in [0.15, 0.2) is 11.5 Å². The first-order valence-electron chi connectivity index (χ1n) is 10.9. The first kappa shape index (κ1) is 19.2. The summed E-state index contributed by atoms with van der Waals surface area (Å²) in [5.41, 5.74) is 2.27. The average Bonchev–Trinajstić information content (AvgIpc) is 3.23. The Bertz CT molecular complexity index is 951. The third-order valence-corrected chi connectivity index (χ3v) is 6.10. The highest BCUT2D eigenvalue weighted by atomic mass is 16.6. The van der Waals surface area contributed by atoms with Crippen LogP contribution in [0.3, 0.4) is 0 Å². The fourth-order valence-corrected chi connectivity index (χ4v) is 4.66. The monoisotopic (exact) mass is 404 g/mol. The number of nitrogens with zero attached hydrogens (tertiary/aromatic N) is 2. The minimum atomic E-state index is 0.491. The molecule has 0 radical (unpaired) electrons. The number of aromatic nitrogens is 1. The molecule has 0 spiro atoms. The maximum Gasteiger partial charge on any atom is 0.157 e. The summed E-state index contributed by atoms with van der Waals surface area (Å²) >= 11 is 0. The SMILES string of the molecule is Cc1cc(Oc2ccc(CN3CCC[C@@H]3C3C=C4OCCOC4=CC3)cc2)ccn1. The van der Waals surface area contributed by atoms with Gasteiger partial charge >= 0.3 is 0 Å². The molecule has 0 saturated carbocycles. The zero-order valence-electron chi connectivity index (χ0n) is 17.4. The second kappa shape index (κ2) is 8.52. The highest BCUT2D eigenvalue weighted by molar-refractivity contribution is 5.33. The highest BCUT2D eigenvalue weighted by Crippen LogP contribution is 2.35. The number of aryl methyl sites for hydroxylation is 1. The highest BCUT2D eigenvalue weighted by Gasteiger charge is 2.33. The number of pyridine rings is 1. The molecule has 2 fully saturated rings. The first-order valence-corrected chi connectivity index (χ1v) is 10.9. The van der Waals surface area contributed by atoms with E-state index in [2.05, 4.69) is 46.3 Å². The van der Waals surface area contributed by atoms with Crippen molar-refractivity contribution in [1.29, 1.82) is 0 Å².